The highest BCUT2D eigenvalue weighted by Gasteiger charge is 2.24. The lowest BCUT2D eigenvalue weighted by Gasteiger charge is -2.32. The number of amides is 3. The molecule has 3 amide bonds. The Morgan fingerprint density at radius 2 is 1.84 bits per heavy atom. The van der Waals surface area contributed by atoms with Crippen molar-refractivity contribution >= 4 is 33.6 Å². The molecular weight excluding hydrogens is 384 g/mol. The highest BCUT2D eigenvalue weighted by molar-refractivity contribution is 9.10. The summed E-state index contributed by atoms with van der Waals surface area (Å²) in [7, 11) is 1.84. The van der Waals surface area contributed by atoms with Gasteiger partial charge in [-0.05, 0) is 47.0 Å². The summed E-state index contributed by atoms with van der Waals surface area (Å²) in [6.45, 7) is 1.25. The minimum atomic E-state index is -0.0951. The van der Waals surface area contributed by atoms with E-state index < -0.39 is 0 Å². The van der Waals surface area contributed by atoms with Crippen molar-refractivity contribution in [3.05, 3.63) is 52.8 Å². The number of halogens is 1. The number of aromatic nitrogens is 1. The first-order valence-corrected chi connectivity index (χ1v) is 9.06. The van der Waals surface area contributed by atoms with E-state index in [1.54, 1.807) is 15.5 Å². The Balaban J connectivity index is 1.49. The van der Waals surface area contributed by atoms with Crippen molar-refractivity contribution < 1.29 is 9.59 Å². The van der Waals surface area contributed by atoms with Gasteiger partial charge in [0.15, 0.2) is 0 Å². The van der Waals surface area contributed by atoms with E-state index in [0.717, 1.165) is 23.0 Å². The maximum Gasteiger partial charge on any atom is 0.321 e. The molecule has 0 aliphatic carbocycles. The molecule has 25 heavy (non-hydrogen) atoms. The van der Waals surface area contributed by atoms with E-state index in [4.69, 9.17) is 0 Å². The predicted octanol–water partition coefficient (Wildman–Crippen LogP) is 3.21. The van der Waals surface area contributed by atoms with E-state index in [0.29, 0.717) is 18.8 Å². The number of benzene rings is 1. The van der Waals surface area contributed by atoms with E-state index in [9.17, 15) is 9.59 Å². The summed E-state index contributed by atoms with van der Waals surface area (Å²) < 4.78 is 2.68. The van der Waals surface area contributed by atoms with Crippen molar-refractivity contribution in [1.82, 2.24) is 14.8 Å². The van der Waals surface area contributed by atoms with Crippen LogP contribution in [0.2, 0.25) is 0 Å². The number of rotatable bonds is 3. The molecule has 2 N–H and O–H groups in total. The molecule has 0 saturated carbocycles. The normalized spacial score (nSPS) is 15.0. The first-order valence-electron chi connectivity index (χ1n) is 8.26. The van der Waals surface area contributed by atoms with Crippen molar-refractivity contribution in [2.24, 2.45) is 7.05 Å². The number of hydrogen-bond donors (Lipinski definition) is 2. The molecule has 0 bridgehead atoms. The van der Waals surface area contributed by atoms with Gasteiger partial charge in [0.25, 0.3) is 5.91 Å². The second-order valence-corrected chi connectivity index (χ2v) is 7.10. The van der Waals surface area contributed by atoms with Crippen LogP contribution in [0.1, 0.15) is 23.3 Å². The third kappa shape index (κ3) is 4.42. The van der Waals surface area contributed by atoms with E-state index in [-0.39, 0.29) is 18.0 Å². The highest BCUT2D eigenvalue weighted by atomic mass is 79.9. The van der Waals surface area contributed by atoms with Crippen molar-refractivity contribution in [2.45, 2.75) is 18.9 Å². The Morgan fingerprint density at radius 1 is 1.16 bits per heavy atom. The molecule has 6 nitrogen and oxygen atoms in total. The summed E-state index contributed by atoms with van der Waals surface area (Å²) in [6.07, 6.45) is 3.35. The van der Waals surface area contributed by atoms with Crippen LogP contribution >= 0.6 is 15.9 Å². The summed E-state index contributed by atoms with van der Waals surface area (Å²) in [4.78, 5) is 26.4. The first-order chi connectivity index (χ1) is 12.0. The Kier molecular flexibility index (Phi) is 5.43. The van der Waals surface area contributed by atoms with Gasteiger partial charge < -0.3 is 20.1 Å². The minimum Gasteiger partial charge on any atom is -0.348 e. The van der Waals surface area contributed by atoms with Gasteiger partial charge >= 0.3 is 6.03 Å². The molecule has 0 unspecified atom stereocenters. The van der Waals surface area contributed by atoms with Gasteiger partial charge in [-0.2, -0.15) is 0 Å². The first kappa shape index (κ1) is 17.5. The molecule has 2 aromatic rings. The van der Waals surface area contributed by atoms with E-state index in [1.165, 1.54) is 0 Å². The van der Waals surface area contributed by atoms with Gasteiger partial charge in [0, 0.05) is 42.5 Å². The molecular formula is C18H21BrN4O2. The Bertz CT molecular complexity index is 752. The number of likely N-dealkylation sites (tertiary alicyclic amines) is 1. The van der Waals surface area contributed by atoms with Crippen LogP contribution in [-0.2, 0) is 7.05 Å². The summed E-state index contributed by atoms with van der Waals surface area (Å²) in [6, 6.07) is 11.2. The van der Waals surface area contributed by atoms with Crippen molar-refractivity contribution in [1.29, 1.82) is 0 Å². The number of carbonyl (C=O) groups excluding carboxylic acids is 2. The number of para-hydroxylation sites is 1. The third-order valence-electron chi connectivity index (χ3n) is 4.35. The number of piperidine rings is 1. The number of urea groups is 1. The van der Waals surface area contributed by atoms with Crippen LogP contribution < -0.4 is 10.6 Å². The summed E-state index contributed by atoms with van der Waals surface area (Å²) in [5, 5.41) is 5.95. The molecule has 3 rings (SSSR count). The predicted molar refractivity (Wildman–Crippen MR) is 101 cm³/mol. The monoisotopic (exact) mass is 404 g/mol. The van der Waals surface area contributed by atoms with Crippen LogP contribution in [0, 0.1) is 0 Å². The number of anilines is 1. The topological polar surface area (TPSA) is 66.4 Å². The van der Waals surface area contributed by atoms with Gasteiger partial charge in [0.2, 0.25) is 0 Å². The van der Waals surface area contributed by atoms with E-state index in [1.807, 2.05) is 43.6 Å². The van der Waals surface area contributed by atoms with Gasteiger partial charge in [-0.25, -0.2) is 4.79 Å². The zero-order chi connectivity index (χ0) is 17.8. The number of carbonyl (C=O) groups is 2. The average Bonchev–Trinajstić information content (AvgIpc) is 2.95. The Morgan fingerprint density at radius 3 is 2.44 bits per heavy atom. The van der Waals surface area contributed by atoms with Gasteiger partial charge in [-0.15, -0.1) is 0 Å². The maximum absolute atomic E-state index is 12.4. The fourth-order valence-corrected chi connectivity index (χ4v) is 3.48. The second-order valence-electron chi connectivity index (χ2n) is 6.19. The molecule has 1 aromatic heterocycles. The lowest BCUT2D eigenvalue weighted by Crippen LogP contribution is -2.47. The summed E-state index contributed by atoms with van der Waals surface area (Å²) in [5.41, 5.74) is 1.41. The van der Waals surface area contributed by atoms with Crippen LogP contribution in [0.4, 0.5) is 10.5 Å². The van der Waals surface area contributed by atoms with Gasteiger partial charge in [0.1, 0.15) is 5.69 Å². The molecule has 1 fully saturated rings. The molecule has 0 atom stereocenters. The van der Waals surface area contributed by atoms with Crippen LogP contribution in [0.25, 0.3) is 0 Å². The second kappa shape index (κ2) is 7.74. The minimum absolute atomic E-state index is 0.0830. The molecule has 0 spiro atoms. The van der Waals surface area contributed by atoms with Gasteiger partial charge in [0.05, 0.1) is 0 Å². The highest BCUT2D eigenvalue weighted by Crippen LogP contribution is 2.16. The molecule has 1 aliphatic rings. The zero-order valence-corrected chi connectivity index (χ0v) is 15.6. The van der Waals surface area contributed by atoms with Gasteiger partial charge in [-0.3, -0.25) is 4.79 Å². The molecule has 2 heterocycles. The van der Waals surface area contributed by atoms with E-state index >= 15 is 0 Å². The molecule has 0 radical (unpaired) electrons. The summed E-state index contributed by atoms with van der Waals surface area (Å²) >= 11 is 3.38. The summed E-state index contributed by atoms with van der Waals surface area (Å²) in [5.74, 6) is -0.0830. The number of aryl methyl sites for hydroxylation is 1. The fourth-order valence-electron chi connectivity index (χ4n) is 2.96. The number of nitrogens with zero attached hydrogens (tertiary/aromatic N) is 2. The van der Waals surface area contributed by atoms with Crippen molar-refractivity contribution in [3.8, 4) is 0 Å². The Labute approximate surface area is 155 Å². The smallest absolute Gasteiger partial charge is 0.321 e. The molecule has 132 valence electrons. The van der Waals surface area contributed by atoms with Crippen molar-refractivity contribution in [2.75, 3.05) is 18.4 Å². The van der Waals surface area contributed by atoms with Crippen LogP contribution in [0.15, 0.2) is 47.1 Å². The largest absolute Gasteiger partial charge is 0.348 e. The molecule has 1 aromatic carbocycles. The average molecular weight is 405 g/mol. The van der Waals surface area contributed by atoms with Gasteiger partial charge in [-0.1, -0.05) is 18.2 Å². The lowest BCUT2D eigenvalue weighted by atomic mass is 10.1. The maximum atomic E-state index is 12.4. The van der Waals surface area contributed by atoms with Crippen LogP contribution in [0.3, 0.4) is 0 Å². The number of nitrogens with one attached hydrogen (secondary N) is 2. The number of hydrogen-bond acceptors (Lipinski definition) is 2. The zero-order valence-electron chi connectivity index (χ0n) is 14.0. The SMILES string of the molecule is Cn1cc(Br)cc1C(=O)NC1CCN(C(=O)Nc2ccccc2)CC1. The Hall–Kier alpha value is -2.28. The van der Waals surface area contributed by atoms with Crippen LogP contribution in [-0.4, -0.2) is 40.5 Å². The molecule has 1 saturated heterocycles. The van der Waals surface area contributed by atoms with E-state index in [2.05, 4.69) is 26.6 Å². The molecule has 7 heteroatoms. The van der Waals surface area contributed by atoms with Crippen molar-refractivity contribution in [3.63, 3.8) is 0 Å². The van der Waals surface area contributed by atoms with Crippen LogP contribution in [0.5, 0.6) is 0 Å². The lowest BCUT2D eigenvalue weighted by molar-refractivity contribution is 0.0911. The quantitative estimate of drug-likeness (QED) is 0.824. The third-order valence-corrected chi connectivity index (χ3v) is 4.78. The fraction of sp³-hybridized carbons (Fsp3) is 0.333. The standard InChI is InChI=1S/C18H21BrN4O2/c1-22-12-13(19)11-16(22)17(24)20-15-7-9-23(10-8-15)18(25)21-14-5-3-2-4-6-14/h2-6,11-12,15H,7-10H2,1H3,(H,20,24)(H,21,25). The molecule has 1 aliphatic heterocycles.